The molecule has 1 aliphatic carbocycles. The van der Waals surface area contributed by atoms with E-state index in [4.69, 9.17) is 4.74 Å². The average Bonchev–Trinajstić information content (AvgIpc) is 2.76. The Bertz CT molecular complexity index is 950. The van der Waals surface area contributed by atoms with Gasteiger partial charge in [-0.25, -0.2) is 9.98 Å². The highest BCUT2D eigenvalue weighted by Gasteiger charge is 2.25. The fraction of sp³-hybridized carbons (Fsp3) is 0.364. The number of carbonyl (C=O) groups excluding carboxylic acids is 2. The smallest absolute Gasteiger partial charge is 0.288 e. The van der Waals surface area contributed by atoms with Gasteiger partial charge < -0.3 is 15.2 Å². The van der Waals surface area contributed by atoms with Gasteiger partial charge in [0, 0.05) is 26.2 Å². The van der Waals surface area contributed by atoms with Gasteiger partial charge in [0.15, 0.2) is 0 Å². The highest BCUT2D eigenvalue weighted by molar-refractivity contribution is 6.33. The number of nitrogens with one attached hydrogen (secondary N) is 1. The lowest BCUT2D eigenvalue weighted by Crippen LogP contribution is -2.43. The average molecular weight is 408 g/mol. The summed E-state index contributed by atoms with van der Waals surface area (Å²) in [4.78, 5) is 33.7. The number of aliphatic hydroxyl groups excluding tert-OH is 1. The largest absolute Gasteiger partial charge is 0.390 e. The molecule has 0 fully saturated rings. The highest BCUT2D eigenvalue weighted by atomic mass is 16.5. The van der Waals surface area contributed by atoms with Gasteiger partial charge in [-0.2, -0.15) is 0 Å². The molecule has 1 aromatic rings. The first-order chi connectivity index (χ1) is 14.6. The second kappa shape index (κ2) is 9.25. The molecule has 0 saturated carbocycles. The topological polar surface area (TPSA) is 104 Å². The van der Waals surface area contributed by atoms with Crippen molar-refractivity contribution >= 4 is 23.7 Å². The van der Waals surface area contributed by atoms with Crippen LogP contribution in [-0.4, -0.2) is 72.2 Å². The van der Waals surface area contributed by atoms with E-state index in [9.17, 15) is 14.7 Å². The summed E-state index contributed by atoms with van der Waals surface area (Å²) in [6.45, 7) is 2.13. The fourth-order valence-electron chi connectivity index (χ4n) is 3.73. The molecule has 3 aliphatic rings. The first kappa shape index (κ1) is 20.3. The predicted octanol–water partition coefficient (Wildman–Crippen LogP) is 0.413. The third-order valence-electron chi connectivity index (χ3n) is 5.22. The normalized spacial score (nSPS) is 21.4. The quantitative estimate of drug-likeness (QED) is 0.680. The first-order valence-electron chi connectivity index (χ1n) is 9.99. The van der Waals surface area contributed by atoms with Crippen molar-refractivity contribution < 1.29 is 19.4 Å². The molecule has 0 aromatic heterocycles. The van der Waals surface area contributed by atoms with E-state index in [1.807, 2.05) is 12.1 Å². The zero-order chi connectivity index (χ0) is 20.9. The first-order valence-corrected chi connectivity index (χ1v) is 9.99. The van der Waals surface area contributed by atoms with Gasteiger partial charge in [-0.15, -0.1) is 0 Å². The van der Waals surface area contributed by atoms with E-state index in [1.54, 1.807) is 18.2 Å². The van der Waals surface area contributed by atoms with Crippen molar-refractivity contribution in [3.63, 3.8) is 0 Å². The highest BCUT2D eigenvalue weighted by Crippen LogP contribution is 2.19. The Hall–Kier alpha value is -2.94. The molecule has 2 heterocycles. The minimum atomic E-state index is -0.669. The van der Waals surface area contributed by atoms with Gasteiger partial charge in [-0.1, -0.05) is 30.3 Å². The van der Waals surface area contributed by atoms with Crippen LogP contribution in [0.3, 0.4) is 0 Å². The van der Waals surface area contributed by atoms with Crippen molar-refractivity contribution in [2.45, 2.75) is 25.2 Å². The maximum absolute atomic E-state index is 12.1. The second-order valence-electron chi connectivity index (χ2n) is 7.47. The maximum atomic E-state index is 12.1. The van der Waals surface area contributed by atoms with Crippen LogP contribution in [0.2, 0.25) is 0 Å². The lowest BCUT2D eigenvalue weighted by atomic mass is 10.00. The number of hydrogen-bond donors (Lipinski definition) is 2. The van der Waals surface area contributed by atoms with Crippen LogP contribution < -0.4 is 5.32 Å². The van der Waals surface area contributed by atoms with E-state index < -0.39 is 18.1 Å². The number of ether oxygens (including phenoxy) is 1. The predicted molar refractivity (Wildman–Crippen MR) is 112 cm³/mol. The van der Waals surface area contributed by atoms with Gasteiger partial charge in [0.05, 0.1) is 18.0 Å². The summed E-state index contributed by atoms with van der Waals surface area (Å²) in [6.07, 6.45) is 6.05. The van der Waals surface area contributed by atoms with Crippen molar-refractivity contribution in [3.05, 3.63) is 59.3 Å². The molecule has 2 N–H and O–H groups in total. The van der Waals surface area contributed by atoms with E-state index in [0.29, 0.717) is 18.0 Å². The third kappa shape index (κ3) is 4.96. The molecule has 2 atom stereocenters. The number of rotatable bonds is 7. The van der Waals surface area contributed by atoms with Crippen LogP contribution >= 0.6 is 0 Å². The van der Waals surface area contributed by atoms with Gasteiger partial charge in [-0.05, 0) is 29.7 Å². The summed E-state index contributed by atoms with van der Waals surface area (Å²) in [5, 5.41) is 13.0. The summed E-state index contributed by atoms with van der Waals surface area (Å²) in [5.41, 5.74) is 3.61. The zero-order valence-electron chi connectivity index (χ0n) is 16.5. The molecule has 156 valence electrons. The number of nitrogens with zero attached hydrogens (tertiary/aromatic N) is 3. The molecule has 0 bridgehead atoms. The van der Waals surface area contributed by atoms with Crippen molar-refractivity contribution in [3.8, 4) is 0 Å². The van der Waals surface area contributed by atoms with Gasteiger partial charge >= 0.3 is 0 Å². The Morgan fingerprint density at radius 3 is 3.03 bits per heavy atom. The number of allylic oxidation sites excluding steroid dienone is 2. The van der Waals surface area contributed by atoms with Crippen LogP contribution in [0.5, 0.6) is 0 Å². The standard InChI is InChI=1S/C22H24N4O4/c27-17(13-26-9-8-15-4-1-2-5-16(15)12-26)10-24-21(29)14-30-19-7-3-6-18-22(19)25-20(28)11-23-18/h1-7,11,17,19,27H,8-10,12-14H2,(H,24,29). The minimum Gasteiger partial charge on any atom is -0.390 e. The summed E-state index contributed by atoms with van der Waals surface area (Å²) < 4.78 is 5.60. The van der Waals surface area contributed by atoms with Crippen LogP contribution in [0.25, 0.3) is 0 Å². The molecule has 2 aliphatic heterocycles. The third-order valence-corrected chi connectivity index (χ3v) is 5.22. The van der Waals surface area contributed by atoms with Crippen LogP contribution in [0.4, 0.5) is 0 Å². The molecule has 2 unspecified atom stereocenters. The molecular formula is C22H24N4O4. The van der Waals surface area contributed by atoms with E-state index in [-0.39, 0.29) is 19.1 Å². The monoisotopic (exact) mass is 408 g/mol. The van der Waals surface area contributed by atoms with E-state index in [1.165, 1.54) is 11.1 Å². The molecule has 2 amide bonds. The maximum Gasteiger partial charge on any atom is 0.288 e. The van der Waals surface area contributed by atoms with Gasteiger partial charge in [0.25, 0.3) is 5.91 Å². The lowest BCUT2D eigenvalue weighted by molar-refractivity contribution is -0.126. The SMILES string of the molecule is O=C1C=NC2=CC=CC(OCC(=O)NCC(O)CN3CCc4ccccc4C3)C2=N1. The van der Waals surface area contributed by atoms with Crippen LogP contribution in [-0.2, 0) is 27.3 Å². The number of aliphatic imine (C=N–C) groups is 2. The minimum absolute atomic E-state index is 0.149. The number of hydrogen-bond acceptors (Lipinski definition) is 6. The van der Waals surface area contributed by atoms with E-state index in [0.717, 1.165) is 25.7 Å². The van der Waals surface area contributed by atoms with Crippen LogP contribution in [0, 0.1) is 0 Å². The van der Waals surface area contributed by atoms with Gasteiger partial charge in [-0.3, -0.25) is 14.5 Å². The molecule has 30 heavy (non-hydrogen) atoms. The summed E-state index contributed by atoms with van der Waals surface area (Å²) in [7, 11) is 0. The lowest BCUT2D eigenvalue weighted by Gasteiger charge is -2.30. The Morgan fingerprint density at radius 2 is 2.17 bits per heavy atom. The van der Waals surface area contributed by atoms with Crippen molar-refractivity contribution in [1.29, 1.82) is 0 Å². The Balaban J connectivity index is 1.19. The number of benzene rings is 1. The Kier molecular flexibility index (Phi) is 6.27. The van der Waals surface area contributed by atoms with Gasteiger partial charge in [0.2, 0.25) is 5.91 Å². The van der Waals surface area contributed by atoms with Gasteiger partial charge in [0.1, 0.15) is 18.4 Å². The Labute approximate surface area is 174 Å². The number of aliphatic hydroxyl groups is 1. The van der Waals surface area contributed by atoms with Crippen molar-refractivity contribution in [2.75, 3.05) is 26.2 Å². The molecule has 0 saturated heterocycles. The Morgan fingerprint density at radius 1 is 1.33 bits per heavy atom. The molecule has 4 rings (SSSR count). The number of fused-ring (bicyclic) bond motifs is 2. The van der Waals surface area contributed by atoms with E-state index in [2.05, 4.69) is 32.3 Å². The van der Waals surface area contributed by atoms with Crippen molar-refractivity contribution in [2.24, 2.45) is 9.98 Å². The second-order valence-corrected chi connectivity index (χ2v) is 7.47. The number of amides is 2. The van der Waals surface area contributed by atoms with Crippen LogP contribution in [0.1, 0.15) is 11.1 Å². The fourth-order valence-corrected chi connectivity index (χ4v) is 3.73. The van der Waals surface area contributed by atoms with E-state index >= 15 is 0 Å². The molecule has 0 radical (unpaired) electrons. The van der Waals surface area contributed by atoms with Crippen molar-refractivity contribution in [1.82, 2.24) is 10.2 Å². The molecule has 0 spiro atoms. The molecule has 8 nitrogen and oxygen atoms in total. The molecule has 8 heteroatoms. The number of carbonyl (C=O) groups is 2. The number of β-amino-alcohol motifs (C(OH)–C–C–N with tert-alkyl or cyclic N) is 1. The molecule has 1 aromatic carbocycles. The summed E-state index contributed by atoms with van der Waals surface area (Å²) in [6, 6.07) is 8.33. The zero-order valence-corrected chi connectivity index (χ0v) is 16.5. The van der Waals surface area contributed by atoms with Crippen LogP contribution in [0.15, 0.2) is 58.2 Å². The molecular weight excluding hydrogens is 384 g/mol. The summed E-state index contributed by atoms with van der Waals surface area (Å²) >= 11 is 0. The summed E-state index contributed by atoms with van der Waals surface area (Å²) in [5.74, 6) is -0.784.